The van der Waals surface area contributed by atoms with E-state index in [1.54, 1.807) is 0 Å². The fraction of sp³-hybridized carbons (Fsp3) is 0. The highest BCUT2D eigenvalue weighted by Crippen LogP contribution is 2.43. The van der Waals surface area contributed by atoms with Gasteiger partial charge in [-0.1, -0.05) is 188 Å². The number of rotatable bonds is 7. The summed E-state index contributed by atoms with van der Waals surface area (Å²) < 4.78 is 7.13. The van der Waals surface area contributed by atoms with Gasteiger partial charge in [-0.2, -0.15) is 9.97 Å². The van der Waals surface area contributed by atoms with Crippen LogP contribution in [0.3, 0.4) is 0 Å². The molecule has 0 N–H and O–H groups in total. The van der Waals surface area contributed by atoms with Crippen molar-refractivity contribution < 1.29 is 0 Å². The summed E-state index contributed by atoms with van der Waals surface area (Å²) in [5, 5.41) is 6.97. The van der Waals surface area contributed by atoms with Crippen LogP contribution in [0.5, 0.6) is 0 Å². The zero-order valence-corrected chi connectivity index (χ0v) is 37.3. The van der Waals surface area contributed by atoms with Crippen LogP contribution in [0.15, 0.2) is 243 Å². The van der Waals surface area contributed by atoms with Gasteiger partial charge in [-0.05, 0) is 76.9 Å². The Morgan fingerprint density at radius 1 is 0.232 bits per heavy atom. The highest BCUT2D eigenvalue weighted by molar-refractivity contribution is 6.24. The van der Waals surface area contributed by atoms with Gasteiger partial charge in [0, 0.05) is 54.8 Å². The first-order chi connectivity index (χ1) is 34.2. The minimum absolute atomic E-state index is 0.545. The van der Waals surface area contributed by atoms with E-state index in [0.29, 0.717) is 17.6 Å². The Morgan fingerprint density at radius 3 is 1.30 bits per heavy atom. The first kappa shape index (κ1) is 38.8. The zero-order valence-electron chi connectivity index (χ0n) is 37.3. The Labute approximate surface area is 397 Å². The maximum atomic E-state index is 5.46. The number of hydrogen-bond donors (Lipinski definition) is 0. The van der Waals surface area contributed by atoms with Crippen LogP contribution in [0.4, 0.5) is 0 Å². The predicted molar refractivity (Wildman–Crippen MR) is 285 cm³/mol. The van der Waals surface area contributed by atoms with E-state index < -0.39 is 0 Å². The van der Waals surface area contributed by atoms with Crippen molar-refractivity contribution in [3.63, 3.8) is 0 Å². The third kappa shape index (κ3) is 6.23. The van der Waals surface area contributed by atoms with Crippen molar-refractivity contribution in [2.45, 2.75) is 0 Å². The summed E-state index contributed by atoms with van der Waals surface area (Å²) in [4.78, 5) is 16.1. The molecule has 0 saturated heterocycles. The Hall–Kier alpha value is -9.39. The molecule has 0 aliphatic carbocycles. The molecule has 69 heavy (non-hydrogen) atoms. The Morgan fingerprint density at radius 2 is 0.667 bits per heavy atom. The van der Waals surface area contributed by atoms with Gasteiger partial charge in [-0.15, -0.1) is 0 Å². The Balaban J connectivity index is 1.10. The molecular formula is C63H40N6. The van der Waals surface area contributed by atoms with Gasteiger partial charge >= 0.3 is 0 Å². The highest BCUT2D eigenvalue weighted by atomic mass is 15.2. The largest absolute Gasteiger partial charge is 0.309 e. The minimum Gasteiger partial charge on any atom is -0.309 e. The first-order valence-electron chi connectivity index (χ1n) is 23.4. The van der Waals surface area contributed by atoms with E-state index in [0.717, 1.165) is 88.4 Å². The molecule has 0 aliphatic rings. The Kier molecular flexibility index (Phi) is 8.79. The number of nitrogens with zero attached hydrogens (tertiary/aromatic N) is 6. The molecule has 0 amide bonds. The third-order valence-corrected chi connectivity index (χ3v) is 13.7. The summed E-state index contributed by atoms with van der Waals surface area (Å²) in [5.41, 5.74) is 15.1. The molecule has 4 aromatic heterocycles. The summed E-state index contributed by atoms with van der Waals surface area (Å²) in [7, 11) is 0. The van der Waals surface area contributed by atoms with E-state index in [2.05, 4.69) is 232 Å². The standard InChI is InChI=1S/C63H40N6/c1-4-18-41(19-5-1)44-24-16-26-46(38-44)62-64-61(43-22-8-3-9-23-43)65-63(66-62)69-57-33-15-12-30-51(57)52-35-36-53-54-40-48(67-55-31-13-10-28-49(55)50-29-11-14-32-56(50)67)34-37-58(54)68(59(53)60(52)69)47-27-17-25-45(39-47)42-20-6-2-7-21-42/h1-40H. The molecule has 0 saturated carbocycles. The van der Waals surface area contributed by atoms with Crippen LogP contribution in [0, 0.1) is 0 Å². The molecule has 14 rings (SSSR count). The maximum absolute atomic E-state index is 5.46. The fourth-order valence-electron chi connectivity index (χ4n) is 10.6. The summed E-state index contributed by atoms with van der Waals surface area (Å²) in [6.07, 6.45) is 0. The molecule has 0 spiro atoms. The average molecular weight is 881 g/mol. The maximum Gasteiger partial charge on any atom is 0.238 e. The second kappa shape index (κ2) is 15.6. The van der Waals surface area contributed by atoms with Crippen molar-refractivity contribution >= 4 is 65.4 Å². The van der Waals surface area contributed by atoms with Gasteiger partial charge in [-0.25, -0.2) is 4.98 Å². The van der Waals surface area contributed by atoms with Crippen LogP contribution < -0.4 is 0 Å². The topological polar surface area (TPSA) is 53.5 Å². The summed E-state index contributed by atoms with van der Waals surface area (Å²) in [6, 6.07) is 86.4. The minimum atomic E-state index is 0.545. The first-order valence-corrected chi connectivity index (χ1v) is 23.4. The quantitative estimate of drug-likeness (QED) is 0.160. The average Bonchev–Trinajstić information content (AvgIpc) is 4.07. The van der Waals surface area contributed by atoms with Gasteiger partial charge in [0.05, 0.1) is 33.1 Å². The molecule has 14 aromatic rings. The molecule has 0 bridgehead atoms. The van der Waals surface area contributed by atoms with E-state index >= 15 is 0 Å². The molecule has 6 nitrogen and oxygen atoms in total. The Bertz CT molecular complexity index is 4240. The SMILES string of the molecule is c1ccc(-c2cccc(-c3nc(-c4ccccc4)nc(-n4c5ccccc5c5ccc6c7cc(-n8c9ccccc9c9ccccc98)ccc7n(-c7cccc(-c8ccccc8)c7)c6c54)n3)c2)cc1. The lowest BCUT2D eigenvalue weighted by atomic mass is 10.0. The van der Waals surface area contributed by atoms with Gasteiger partial charge in [0.25, 0.3) is 0 Å². The normalized spacial score (nSPS) is 11.8. The zero-order chi connectivity index (χ0) is 45.4. The highest BCUT2D eigenvalue weighted by Gasteiger charge is 2.25. The van der Waals surface area contributed by atoms with E-state index in [9.17, 15) is 0 Å². The molecule has 322 valence electrons. The molecule has 10 aromatic carbocycles. The second-order valence-corrected chi connectivity index (χ2v) is 17.6. The fourth-order valence-corrected chi connectivity index (χ4v) is 10.6. The van der Waals surface area contributed by atoms with E-state index in [1.807, 2.05) is 24.3 Å². The van der Waals surface area contributed by atoms with Crippen molar-refractivity contribution in [1.29, 1.82) is 0 Å². The summed E-state index contributed by atoms with van der Waals surface area (Å²) >= 11 is 0. The van der Waals surface area contributed by atoms with Crippen LogP contribution >= 0.6 is 0 Å². The van der Waals surface area contributed by atoms with E-state index in [1.165, 1.54) is 21.8 Å². The van der Waals surface area contributed by atoms with Crippen molar-refractivity contribution in [2.24, 2.45) is 0 Å². The molecular weight excluding hydrogens is 841 g/mol. The lowest BCUT2D eigenvalue weighted by Crippen LogP contribution is -2.07. The number of hydrogen-bond acceptors (Lipinski definition) is 3. The van der Waals surface area contributed by atoms with Gasteiger partial charge in [0.15, 0.2) is 11.6 Å². The molecule has 0 fully saturated rings. The lowest BCUT2D eigenvalue weighted by Gasteiger charge is -2.14. The van der Waals surface area contributed by atoms with Gasteiger partial charge in [0.1, 0.15) is 0 Å². The molecule has 0 unspecified atom stereocenters. The lowest BCUT2D eigenvalue weighted by molar-refractivity contribution is 0.953. The smallest absolute Gasteiger partial charge is 0.238 e. The monoisotopic (exact) mass is 880 g/mol. The van der Waals surface area contributed by atoms with Crippen molar-refractivity contribution in [3.05, 3.63) is 243 Å². The van der Waals surface area contributed by atoms with Gasteiger partial charge in [0.2, 0.25) is 5.95 Å². The van der Waals surface area contributed by atoms with E-state index in [-0.39, 0.29) is 0 Å². The van der Waals surface area contributed by atoms with Crippen molar-refractivity contribution in [3.8, 4) is 62.4 Å². The molecule has 4 heterocycles. The molecule has 0 atom stereocenters. The second-order valence-electron chi connectivity index (χ2n) is 17.6. The third-order valence-electron chi connectivity index (χ3n) is 13.7. The van der Waals surface area contributed by atoms with Crippen LogP contribution in [-0.4, -0.2) is 28.7 Å². The van der Waals surface area contributed by atoms with Gasteiger partial charge in [-0.3, -0.25) is 4.57 Å². The number of aromatic nitrogens is 6. The number of para-hydroxylation sites is 3. The molecule has 6 heteroatoms. The van der Waals surface area contributed by atoms with Crippen molar-refractivity contribution in [2.75, 3.05) is 0 Å². The predicted octanol–water partition coefficient (Wildman–Crippen LogP) is 15.8. The summed E-state index contributed by atoms with van der Waals surface area (Å²) in [6.45, 7) is 0. The van der Waals surface area contributed by atoms with Crippen LogP contribution in [0.2, 0.25) is 0 Å². The summed E-state index contributed by atoms with van der Waals surface area (Å²) in [5.74, 6) is 1.75. The number of benzene rings is 10. The van der Waals surface area contributed by atoms with Gasteiger partial charge < -0.3 is 9.13 Å². The van der Waals surface area contributed by atoms with E-state index in [4.69, 9.17) is 15.0 Å². The van der Waals surface area contributed by atoms with Crippen LogP contribution in [-0.2, 0) is 0 Å². The number of fused-ring (bicyclic) bond motifs is 10. The van der Waals surface area contributed by atoms with Crippen molar-refractivity contribution in [1.82, 2.24) is 28.7 Å². The van der Waals surface area contributed by atoms with Crippen LogP contribution in [0.25, 0.3) is 128 Å². The van der Waals surface area contributed by atoms with Crippen LogP contribution in [0.1, 0.15) is 0 Å². The molecule has 0 aliphatic heterocycles. The molecule has 0 radical (unpaired) electrons.